The lowest BCUT2D eigenvalue weighted by Crippen LogP contribution is -2.24. The van der Waals surface area contributed by atoms with Gasteiger partial charge in [-0.05, 0) is 99.1 Å². The Balaban J connectivity index is 1.54. The number of aryl methyl sites for hydroxylation is 1. The maximum Gasteiger partial charge on any atom is 0.144 e. The third kappa shape index (κ3) is 6.62. The monoisotopic (exact) mass is 496 g/mol. The number of rotatable bonds is 10. The Morgan fingerprint density at radius 1 is 1.24 bits per heavy atom. The summed E-state index contributed by atoms with van der Waals surface area (Å²) in [6, 6.07) is 3.70. The number of H-pyrrole nitrogens is 1. The maximum absolute atomic E-state index is 13.8. The summed E-state index contributed by atoms with van der Waals surface area (Å²) in [7, 11) is 2.06. The van der Waals surface area contributed by atoms with Crippen molar-refractivity contribution in [2.75, 3.05) is 7.05 Å². The number of hydrogen-bond donors (Lipinski definition) is 2. The van der Waals surface area contributed by atoms with Gasteiger partial charge in [0.25, 0.3) is 0 Å². The fourth-order valence-corrected chi connectivity index (χ4v) is 4.87. The molecule has 192 valence electrons. The molecule has 0 amide bonds. The third-order valence-electron chi connectivity index (χ3n) is 7.06. The molecule has 2 N–H and O–H groups in total. The first-order chi connectivity index (χ1) is 18.0. The van der Waals surface area contributed by atoms with Crippen LogP contribution in [0, 0.1) is 12.7 Å². The molecule has 1 atom stereocenters. The Bertz CT molecular complexity index is 1330. The quantitative estimate of drug-likeness (QED) is 0.331. The van der Waals surface area contributed by atoms with Crippen LogP contribution in [0.3, 0.4) is 0 Å². The zero-order chi connectivity index (χ0) is 26.2. The van der Waals surface area contributed by atoms with E-state index in [9.17, 15) is 4.39 Å². The first kappa shape index (κ1) is 26.5. The lowest BCUT2D eigenvalue weighted by molar-refractivity contribution is 0.470. The van der Waals surface area contributed by atoms with E-state index in [0.717, 1.165) is 42.4 Å². The Hall–Kier alpha value is -3.53. The number of nitrogens with zero attached hydrogens (tertiary/aromatic N) is 2. The summed E-state index contributed by atoms with van der Waals surface area (Å²) in [6.45, 7) is 8.34. The van der Waals surface area contributed by atoms with Gasteiger partial charge < -0.3 is 5.32 Å². The SMILES string of the molecule is C=C(CCCC(CCC)NC)C1=C/CC=C=C2C=CC(c3c[nH]nc3-c3ccc(F)c(C)n3)=CC\C2=C\1. The summed E-state index contributed by atoms with van der Waals surface area (Å²) < 4.78 is 13.8. The van der Waals surface area contributed by atoms with Crippen LogP contribution in [0.4, 0.5) is 4.39 Å². The van der Waals surface area contributed by atoms with Crippen molar-refractivity contribution in [2.45, 2.75) is 64.8 Å². The molecule has 0 saturated carbocycles. The summed E-state index contributed by atoms with van der Waals surface area (Å²) >= 11 is 0. The van der Waals surface area contributed by atoms with Crippen molar-refractivity contribution in [3.05, 3.63) is 106 Å². The lowest BCUT2D eigenvalue weighted by atomic mass is 9.93. The van der Waals surface area contributed by atoms with Crippen LogP contribution >= 0.6 is 0 Å². The number of aromatic amines is 1. The van der Waals surface area contributed by atoms with Crippen LogP contribution in [0.5, 0.6) is 0 Å². The van der Waals surface area contributed by atoms with Gasteiger partial charge in [-0.2, -0.15) is 5.10 Å². The van der Waals surface area contributed by atoms with E-state index in [4.69, 9.17) is 0 Å². The highest BCUT2D eigenvalue weighted by Gasteiger charge is 2.17. The molecule has 0 aromatic carbocycles. The van der Waals surface area contributed by atoms with E-state index in [1.165, 1.54) is 42.0 Å². The minimum absolute atomic E-state index is 0.315. The molecule has 2 heterocycles. The van der Waals surface area contributed by atoms with Crippen LogP contribution < -0.4 is 5.32 Å². The highest BCUT2D eigenvalue weighted by Crippen LogP contribution is 2.33. The molecule has 2 aliphatic carbocycles. The normalized spacial score (nSPS) is 18.8. The lowest BCUT2D eigenvalue weighted by Gasteiger charge is -2.16. The molecular formula is C32H37FN4. The number of allylic oxidation sites excluding steroid dienone is 10. The fourth-order valence-electron chi connectivity index (χ4n) is 4.87. The van der Waals surface area contributed by atoms with Gasteiger partial charge in [-0.1, -0.05) is 44.2 Å². The highest BCUT2D eigenvalue weighted by molar-refractivity contribution is 5.84. The molecule has 2 aromatic heterocycles. The van der Waals surface area contributed by atoms with Gasteiger partial charge >= 0.3 is 0 Å². The summed E-state index contributed by atoms with van der Waals surface area (Å²) in [5.74, 6) is -0.315. The molecule has 0 spiro atoms. The van der Waals surface area contributed by atoms with Gasteiger partial charge in [0.15, 0.2) is 0 Å². The molecule has 4 rings (SSSR count). The topological polar surface area (TPSA) is 53.6 Å². The third-order valence-corrected chi connectivity index (χ3v) is 7.06. The first-order valence-corrected chi connectivity index (χ1v) is 13.3. The zero-order valence-electron chi connectivity index (χ0n) is 22.2. The van der Waals surface area contributed by atoms with Crippen molar-refractivity contribution in [1.82, 2.24) is 20.5 Å². The largest absolute Gasteiger partial charge is 0.317 e. The van der Waals surface area contributed by atoms with Crippen molar-refractivity contribution < 1.29 is 4.39 Å². The molecular weight excluding hydrogens is 459 g/mol. The molecule has 0 aliphatic heterocycles. The Morgan fingerprint density at radius 3 is 2.89 bits per heavy atom. The van der Waals surface area contributed by atoms with Gasteiger partial charge in [-0.25, -0.2) is 9.37 Å². The predicted octanol–water partition coefficient (Wildman–Crippen LogP) is 7.72. The van der Waals surface area contributed by atoms with Crippen molar-refractivity contribution in [3.63, 3.8) is 0 Å². The average molecular weight is 497 g/mol. The predicted molar refractivity (Wildman–Crippen MR) is 151 cm³/mol. The molecule has 5 heteroatoms. The molecule has 1 unspecified atom stereocenters. The van der Waals surface area contributed by atoms with E-state index < -0.39 is 0 Å². The summed E-state index contributed by atoms with van der Waals surface area (Å²) in [5.41, 5.74) is 11.9. The molecule has 0 bridgehead atoms. The Morgan fingerprint density at radius 2 is 2.11 bits per heavy atom. The fraction of sp³-hybridized carbons (Fsp3) is 0.344. The smallest absolute Gasteiger partial charge is 0.144 e. The second kappa shape index (κ2) is 12.6. The molecule has 0 radical (unpaired) electrons. The van der Waals surface area contributed by atoms with Crippen LogP contribution in [0.1, 0.15) is 63.1 Å². The van der Waals surface area contributed by atoms with Gasteiger partial charge in [0, 0.05) is 23.4 Å². The van der Waals surface area contributed by atoms with Gasteiger partial charge in [0.1, 0.15) is 11.5 Å². The van der Waals surface area contributed by atoms with E-state index in [1.807, 2.05) is 6.20 Å². The van der Waals surface area contributed by atoms with Crippen LogP contribution in [0.15, 0.2) is 89.4 Å². The number of halogens is 1. The molecule has 4 nitrogen and oxygen atoms in total. The van der Waals surface area contributed by atoms with Crippen LogP contribution in [-0.2, 0) is 0 Å². The van der Waals surface area contributed by atoms with Gasteiger partial charge in [0.2, 0.25) is 0 Å². The van der Waals surface area contributed by atoms with Gasteiger partial charge in [-0.3, -0.25) is 5.10 Å². The van der Waals surface area contributed by atoms with Crippen molar-refractivity contribution >= 4 is 5.57 Å². The van der Waals surface area contributed by atoms with Crippen LogP contribution in [0.2, 0.25) is 0 Å². The summed E-state index contributed by atoms with van der Waals surface area (Å²) in [5, 5.41) is 10.8. The van der Waals surface area contributed by atoms with E-state index >= 15 is 0 Å². The number of nitrogens with one attached hydrogen (secondary N) is 2. The molecule has 2 aromatic rings. The van der Waals surface area contributed by atoms with Crippen LogP contribution in [0.25, 0.3) is 17.0 Å². The summed E-state index contributed by atoms with van der Waals surface area (Å²) in [4.78, 5) is 4.41. The van der Waals surface area contributed by atoms with Crippen LogP contribution in [-0.4, -0.2) is 28.3 Å². The molecule has 0 fully saturated rings. The number of aromatic nitrogens is 3. The standard InChI is InChI=1S/C32H37FN4/c1-5-9-28(34-4)13-8-10-22(2)26-12-7-6-11-24-14-15-25(16-17-27(24)20-26)29-21-35-37-32(29)31-19-18-30(33)23(3)36-31/h6,12,14-16,18-21,28,34H,2,5,7-10,13,17H2,1,3-4H3,(H,35,37)/b26-12+,27-20-. The van der Waals surface area contributed by atoms with Crippen molar-refractivity contribution in [1.29, 1.82) is 0 Å². The highest BCUT2D eigenvalue weighted by atomic mass is 19.1. The van der Waals surface area contributed by atoms with E-state index in [0.29, 0.717) is 23.1 Å². The minimum Gasteiger partial charge on any atom is -0.317 e. The van der Waals surface area contributed by atoms with Crippen molar-refractivity contribution in [2.24, 2.45) is 0 Å². The van der Waals surface area contributed by atoms with E-state index in [1.54, 1.807) is 13.0 Å². The van der Waals surface area contributed by atoms with Gasteiger partial charge in [-0.15, -0.1) is 5.73 Å². The summed E-state index contributed by atoms with van der Waals surface area (Å²) in [6.07, 6.45) is 22.3. The number of hydrogen-bond acceptors (Lipinski definition) is 3. The molecule has 2 aliphatic rings. The number of pyridine rings is 1. The van der Waals surface area contributed by atoms with Gasteiger partial charge in [0.05, 0.1) is 11.4 Å². The average Bonchev–Trinajstić information content (AvgIpc) is 3.29. The van der Waals surface area contributed by atoms with E-state index in [2.05, 4.69) is 83.2 Å². The molecule has 37 heavy (non-hydrogen) atoms. The second-order valence-electron chi connectivity index (χ2n) is 9.71. The molecule has 0 saturated heterocycles. The van der Waals surface area contributed by atoms with Crippen molar-refractivity contribution in [3.8, 4) is 11.4 Å². The first-order valence-electron chi connectivity index (χ1n) is 13.3. The maximum atomic E-state index is 13.8. The Labute approximate surface area is 220 Å². The zero-order valence-corrected chi connectivity index (χ0v) is 22.2. The number of fused-ring (bicyclic) bond motifs is 1. The Kier molecular flexibility index (Phi) is 9.05. The minimum atomic E-state index is -0.315. The van der Waals surface area contributed by atoms with E-state index in [-0.39, 0.29) is 5.82 Å². The second-order valence-corrected chi connectivity index (χ2v) is 9.71.